The third-order valence-electron chi connectivity index (χ3n) is 2.73. The van der Waals surface area contributed by atoms with Crippen LogP contribution >= 0.6 is 0 Å². The quantitative estimate of drug-likeness (QED) is 0.788. The number of nitrogens with zero attached hydrogens (tertiary/aromatic N) is 2. The molecule has 0 radical (unpaired) electrons. The molecule has 1 aromatic rings. The highest BCUT2D eigenvalue weighted by Crippen LogP contribution is 2.21. The van der Waals surface area contributed by atoms with Crippen molar-refractivity contribution in [3.05, 3.63) is 29.6 Å². The summed E-state index contributed by atoms with van der Waals surface area (Å²) in [4.78, 5) is 13.1. The van der Waals surface area contributed by atoms with Crippen molar-refractivity contribution < 1.29 is 9.18 Å². The summed E-state index contributed by atoms with van der Waals surface area (Å²) in [6, 6.07) is 6.11. The van der Waals surface area contributed by atoms with Crippen LogP contribution in [0.1, 0.15) is 12.0 Å². The summed E-state index contributed by atoms with van der Waals surface area (Å²) in [6.45, 7) is 1.72. The van der Waals surface area contributed by atoms with E-state index in [0.29, 0.717) is 37.3 Å². The minimum Gasteiger partial charge on any atom is -0.368 e. The Bertz CT molecular complexity index is 481. The maximum atomic E-state index is 13.0. The lowest BCUT2D eigenvalue weighted by Gasteiger charge is -2.22. The van der Waals surface area contributed by atoms with Gasteiger partial charge in [-0.3, -0.25) is 4.79 Å². The van der Waals surface area contributed by atoms with Gasteiger partial charge in [-0.05, 0) is 18.2 Å². The molecule has 2 rings (SSSR count). The lowest BCUT2D eigenvalue weighted by Crippen LogP contribution is -2.28. The van der Waals surface area contributed by atoms with E-state index in [2.05, 4.69) is 5.32 Å². The van der Waals surface area contributed by atoms with Crippen LogP contribution < -0.4 is 10.2 Å². The second-order valence-electron chi connectivity index (χ2n) is 3.86. The van der Waals surface area contributed by atoms with Crippen LogP contribution in [0.25, 0.3) is 0 Å². The van der Waals surface area contributed by atoms with Gasteiger partial charge in [0.05, 0.1) is 11.3 Å². The Labute approximate surface area is 98.6 Å². The summed E-state index contributed by atoms with van der Waals surface area (Å²) in [6.07, 6.45) is 0.391. The summed E-state index contributed by atoms with van der Waals surface area (Å²) >= 11 is 0. The summed E-state index contributed by atoms with van der Waals surface area (Å²) < 4.78 is 13.0. The van der Waals surface area contributed by atoms with Crippen LogP contribution in [-0.2, 0) is 4.79 Å². The highest BCUT2D eigenvalue weighted by Gasteiger charge is 2.16. The number of hydrogen-bond acceptors (Lipinski definition) is 3. The van der Waals surface area contributed by atoms with Crippen molar-refractivity contribution in [2.45, 2.75) is 6.42 Å². The predicted molar refractivity (Wildman–Crippen MR) is 61.0 cm³/mol. The fourth-order valence-electron chi connectivity index (χ4n) is 1.88. The molecule has 0 aromatic heterocycles. The van der Waals surface area contributed by atoms with Gasteiger partial charge in [0.1, 0.15) is 11.9 Å². The molecule has 1 heterocycles. The molecule has 1 aromatic carbocycles. The molecular formula is C12H12FN3O. The smallest absolute Gasteiger partial charge is 0.221 e. The van der Waals surface area contributed by atoms with Crippen molar-refractivity contribution in [1.29, 1.82) is 5.26 Å². The highest BCUT2D eigenvalue weighted by atomic mass is 19.1. The molecule has 4 nitrogen and oxygen atoms in total. The standard InChI is InChI=1S/C12H12FN3O/c13-10-1-2-11(9(7-10)8-14)16-5-3-12(17)15-4-6-16/h1-2,7H,3-6H2,(H,15,17). The van der Waals surface area contributed by atoms with Crippen LogP contribution in [0.15, 0.2) is 18.2 Å². The first-order valence-corrected chi connectivity index (χ1v) is 5.42. The van der Waals surface area contributed by atoms with E-state index in [1.807, 2.05) is 11.0 Å². The Morgan fingerprint density at radius 1 is 1.41 bits per heavy atom. The number of nitriles is 1. The largest absolute Gasteiger partial charge is 0.368 e. The lowest BCUT2D eigenvalue weighted by atomic mass is 10.1. The molecule has 0 unspecified atom stereocenters. The molecule has 0 atom stereocenters. The predicted octanol–water partition coefficient (Wildman–Crippen LogP) is 1.02. The molecule has 0 saturated carbocycles. The molecule has 5 heteroatoms. The molecule has 0 spiro atoms. The molecule has 1 aliphatic rings. The Balaban J connectivity index is 2.27. The molecule has 1 amide bonds. The molecule has 1 aliphatic heterocycles. The Morgan fingerprint density at radius 2 is 2.24 bits per heavy atom. The van der Waals surface area contributed by atoms with Crippen molar-refractivity contribution in [3.8, 4) is 6.07 Å². The van der Waals surface area contributed by atoms with Crippen molar-refractivity contribution in [1.82, 2.24) is 5.32 Å². The molecule has 1 saturated heterocycles. The normalized spacial score (nSPS) is 16.0. The van der Waals surface area contributed by atoms with Gasteiger partial charge in [0, 0.05) is 26.1 Å². The van der Waals surface area contributed by atoms with Crippen LogP contribution in [0.3, 0.4) is 0 Å². The van der Waals surface area contributed by atoms with Gasteiger partial charge in [-0.1, -0.05) is 0 Å². The van der Waals surface area contributed by atoms with Gasteiger partial charge < -0.3 is 10.2 Å². The van der Waals surface area contributed by atoms with E-state index >= 15 is 0 Å². The number of benzene rings is 1. The molecule has 1 fully saturated rings. The second kappa shape index (κ2) is 4.83. The van der Waals surface area contributed by atoms with Crippen LogP contribution in [0.5, 0.6) is 0 Å². The minimum atomic E-state index is -0.422. The third-order valence-corrected chi connectivity index (χ3v) is 2.73. The molecular weight excluding hydrogens is 221 g/mol. The first kappa shape index (κ1) is 11.4. The molecule has 1 N–H and O–H groups in total. The Morgan fingerprint density at radius 3 is 3.00 bits per heavy atom. The number of carbonyl (C=O) groups excluding carboxylic acids is 1. The summed E-state index contributed by atoms with van der Waals surface area (Å²) in [5, 5.41) is 11.7. The SMILES string of the molecule is N#Cc1cc(F)ccc1N1CCNC(=O)CC1. The fraction of sp³-hybridized carbons (Fsp3) is 0.333. The zero-order valence-corrected chi connectivity index (χ0v) is 9.24. The van der Waals surface area contributed by atoms with Crippen LogP contribution in [-0.4, -0.2) is 25.5 Å². The molecule has 0 bridgehead atoms. The number of amides is 1. The summed E-state index contributed by atoms with van der Waals surface area (Å²) in [5.41, 5.74) is 0.991. The Kier molecular flexibility index (Phi) is 3.24. The van der Waals surface area contributed by atoms with E-state index in [-0.39, 0.29) is 5.91 Å². The van der Waals surface area contributed by atoms with Gasteiger partial charge >= 0.3 is 0 Å². The average Bonchev–Trinajstić information content (AvgIpc) is 2.54. The van der Waals surface area contributed by atoms with Crippen molar-refractivity contribution in [3.63, 3.8) is 0 Å². The van der Waals surface area contributed by atoms with E-state index in [4.69, 9.17) is 5.26 Å². The van der Waals surface area contributed by atoms with Gasteiger partial charge in [-0.2, -0.15) is 5.26 Å². The van der Waals surface area contributed by atoms with Crippen LogP contribution in [0.4, 0.5) is 10.1 Å². The number of nitrogens with one attached hydrogen (secondary N) is 1. The van der Waals surface area contributed by atoms with Crippen molar-refractivity contribution in [2.24, 2.45) is 0 Å². The number of anilines is 1. The Hall–Kier alpha value is -2.09. The zero-order valence-electron chi connectivity index (χ0n) is 9.24. The summed E-state index contributed by atoms with van der Waals surface area (Å²) in [7, 11) is 0. The van der Waals surface area contributed by atoms with E-state index in [9.17, 15) is 9.18 Å². The first-order chi connectivity index (χ1) is 8.20. The van der Waals surface area contributed by atoms with Gasteiger partial charge in [0.15, 0.2) is 0 Å². The van der Waals surface area contributed by atoms with Gasteiger partial charge in [-0.25, -0.2) is 4.39 Å². The van der Waals surface area contributed by atoms with Gasteiger partial charge in [-0.15, -0.1) is 0 Å². The van der Waals surface area contributed by atoms with E-state index < -0.39 is 5.82 Å². The maximum absolute atomic E-state index is 13.0. The van der Waals surface area contributed by atoms with Crippen LogP contribution in [0.2, 0.25) is 0 Å². The lowest BCUT2D eigenvalue weighted by molar-refractivity contribution is -0.120. The number of halogens is 1. The minimum absolute atomic E-state index is 0.00752. The van der Waals surface area contributed by atoms with Crippen molar-refractivity contribution in [2.75, 3.05) is 24.5 Å². The summed E-state index contributed by atoms with van der Waals surface area (Å²) in [5.74, 6) is -0.414. The topological polar surface area (TPSA) is 56.1 Å². The average molecular weight is 233 g/mol. The number of carbonyl (C=O) groups is 1. The van der Waals surface area contributed by atoms with Crippen molar-refractivity contribution >= 4 is 11.6 Å². The third kappa shape index (κ3) is 2.53. The highest BCUT2D eigenvalue weighted by molar-refractivity contribution is 5.77. The number of rotatable bonds is 1. The molecule has 0 aliphatic carbocycles. The second-order valence-corrected chi connectivity index (χ2v) is 3.86. The monoisotopic (exact) mass is 233 g/mol. The fourth-order valence-corrected chi connectivity index (χ4v) is 1.88. The van der Waals surface area contributed by atoms with E-state index in [0.717, 1.165) is 0 Å². The van der Waals surface area contributed by atoms with Gasteiger partial charge in [0.25, 0.3) is 0 Å². The first-order valence-electron chi connectivity index (χ1n) is 5.42. The molecule has 88 valence electrons. The van der Waals surface area contributed by atoms with Gasteiger partial charge in [0.2, 0.25) is 5.91 Å². The van der Waals surface area contributed by atoms with Crippen LogP contribution in [0, 0.1) is 17.1 Å². The maximum Gasteiger partial charge on any atom is 0.221 e. The number of hydrogen-bond donors (Lipinski definition) is 1. The van der Waals surface area contributed by atoms with E-state index in [1.165, 1.54) is 12.1 Å². The van der Waals surface area contributed by atoms with E-state index in [1.54, 1.807) is 6.07 Å². The molecule has 17 heavy (non-hydrogen) atoms. The zero-order chi connectivity index (χ0) is 12.3.